The Kier molecular flexibility index (Phi) is 3.49. The minimum atomic E-state index is -0.127. The molecular weight excluding hydrogens is 156 g/mol. The van der Waals surface area contributed by atoms with Gasteiger partial charge in [0.25, 0.3) is 0 Å². The van der Waals surface area contributed by atoms with Gasteiger partial charge in [0.05, 0.1) is 12.5 Å². The van der Waals surface area contributed by atoms with E-state index in [-0.39, 0.29) is 24.5 Å². The lowest BCUT2D eigenvalue weighted by atomic mass is 10.1. The van der Waals surface area contributed by atoms with Crippen molar-refractivity contribution in [3.8, 4) is 0 Å². The van der Waals surface area contributed by atoms with E-state index in [1.807, 2.05) is 0 Å². The van der Waals surface area contributed by atoms with Gasteiger partial charge in [-0.2, -0.15) is 0 Å². The molecule has 12 heavy (non-hydrogen) atoms. The van der Waals surface area contributed by atoms with Crippen LogP contribution in [0.15, 0.2) is 0 Å². The normalized spacial score (nSPS) is 25.3. The Balaban J connectivity index is 2.27. The largest absolute Gasteiger partial charge is 0.394 e. The van der Waals surface area contributed by atoms with Gasteiger partial charge >= 0.3 is 0 Å². The summed E-state index contributed by atoms with van der Waals surface area (Å²) < 4.78 is 0. The summed E-state index contributed by atoms with van der Waals surface area (Å²) in [7, 11) is 0. The number of rotatable bonds is 3. The first-order chi connectivity index (χ1) is 5.74. The second-order valence-corrected chi connectivity index (χ2v) is 3.28. The zero-order chi connectivity index (χ0) is 8.97. The van der Waals surface area contributed by atoms with Crippen LogP contribution in [0.3, 0.4) is 0 Å². The zero-order valence-corrected chi connectivity index (χ0v) is 7.34. The summed E-state index contributed by atoms with van der Waals surface area (Å²) in [6, 6.07) is -0.127. The lowest BCUT2D eigenvalue weighted by Gasteiger charge is -2.13. The predicted molar refractivity (Wildman–Crippen MR) is 45.7 cm³/mol. The third-order valence-corrected chi connectivity index (χ3v) is 2.09. The van der Waals surface area contributed by atoms with Crippen molar-refractivity contribution in [1.82, 2.24) is 10.6 Å². The molecule has 4 heteroatoms. The van der Waals surface area contributed by atoms with Gasteiger partial charge in [-0.05, 0) is 19.9 Å². The van der Waals surface area contributed by atoms with E-state index in [9.17, 15) is 4.79 Å². The quantitative estimate of drug-likeness (QED) is 0.516. The van der Waals surface area contributed by atoms with Crippen LogP contribution in [0.2, 0.25) is 0 Å². The Hall–Kier alpha value is -0.610. The van der Waals surface area contributed by atoms with Gasteiger partial charge in [-0.1, -0.05) is 0 Å². The van der Waals surface area contributed by atoms with Crippen molar-refractivity contribution in [1.29, 1.82) is 0 Å². The van der Waals surface area contributed by atoms with Crippen molar-refractivity contribution in [3.63, 3.8) is 0 Å². The van der Waals surface area contributed by atoms with Crippen LogP contribution in [0.5, 0.6) is 0 Å². The van der Waals surface area contributed by atoms with E-state index in [4.69, 9.17) is 5.11 Å². The number of hydrogen-bond donors (Lipinski definition) is 3. The smallest absolute Gasteiger partial charge is 0.224 e. The van der Waals surface area contributed by atoms with Gasteiger partial charge in [-0.15, -0.1) is 0 Å². The maximum Gasteiger partial charge on any atom is 0.224 e. The molecule has 1 aliphatic rings. The highest BCUT2D eigenvalue weighted by atomic mass is 16.3. The van der Waals surface area contributed by atoms with E-state index in [1.54, 1.807) is 6.92 Å². The number of carbonyl (C=O) groups is 1. The van der Waals surface area contributed by atoms with E-state index in [0.29, 0.717) is 0 Å². The second kappa shape index (κ2) is 4.42. The van der Waals surface area contributed by atoms with Crippen molar-refractivity contribution in [3.05, 3.63) is 0 Å². The summed E-state index contributed by atoms with van der Waals surface area (Å²) in [6.45, 7) is 3.49. The lowest BCUT2D eigenvalue weighted by Crippen LogP contribution is -2.39. The molecule has 0 aromatic carbocycles. The van der Waals surface area contributed by atoms with Crippen molar-refractivity contribution in [2.24, 2.45) is 5.92 Å². The van der Waals surface area contributed by atoms with Crippen LogP contribution >= 0.6 is 0 Å². The fourth-order valence-corrected chi connectivity index (χ4v) is 1.28. The van der Waals surface area contributed by atoms with Gasteiger partial charge in [0.1, 0.15) is 0 Å². The Labute approximate surface area is 72.3 Å². The van der Waals surface area contributed by atoms with Crippen molar-refractivity contribution >= 4 is 5.91 Å². The van der Waals surface area contributed by atoms with E-state index in [1.165, 1.54) is 0 Å². The first-order valence-corrected chi connectivity index (χ1v) is 4.36. The predicted octanol–water partition coefficient (Wildman–Crippen LogP) is -0.907. The van der Waals surface area contributed by atoms with Crippen LogP contribution in [0, 0.1) is 5.92 Å². The number of aliphatic hydroxyl groups excluding tert-OH is 1. The molecule has 2 atom stereocenters. The Bertz CT molecular complexity index is 155. The van der Waals surface area contributed by atoms with Crippen molar-refractivity contribution in [2.75, 3.05) is 19.7 Å². The Morgan fingerprint density at radius 1 is 1.83 bits per heavy atom. The van der Waals surface area contributed by atoms with E-state index < -0.39 is 0 Å². The molecule has 1 rings (SSSR count). The Morgan fingerprint density at radius 2 is 2.58 bits per heavy atom. The number of nitrogens with one attached hydrogen (secondary N) is 2. The van der Waals surface area contributed by atoms with Gasteiger partial charge in [-0.3, -0.25) is 4.79 Å². The van der Waals surface area contributed by atoms with E-state index in [2.05, 4.69) is 10.6 Å². The summed E-state index contributed by atoms with van der Waals surface area (Å²) >= 11 is 0. The summed E-state index contributed by atoms with van der Waals surface area (Å²) in [5.74, 6) is 0.153. The molecule has 1 saturated heterocycles. The molecular formula is C8H16N2O2. The molecule has 4 nitrogen and oxygen atoms in total. The van der Waals surface area contributed by atoms with Crippen molar-refractivity contribution < 1.29 is 9.90 Å². The lowest BCUT2D eigenvalue weighted by molar-refractivity contribution is -0.125. The van der Waals surface area contributed by atoms with Gasteiger partial charge < -0.3 is 15.7 Å². The van der Waals surface area contributed by atoms with Crippen LogP contribution in [-0.4, -0.2) is 36.8 Å². The van der Waals surface area contributed by atoms with Crippen LogP contribution in [0.4, 0.5) is 0 Å². The van der Waals surface area contributed by atoms with E-state index in [0.717, 1.165) is 19.5 Å². The summed E-state index contributed by atoms with van der Waals surface area (Å²) in [6.07, 6.45) is 0.907. The number of carbonyl (C=O) groups excluding carboxylic acids is 1. The maximum absolute atomic E-state index is 11.4. The first-order valence-electron chi connectivity index (χ1n) is 4.36. The number of hydrogen-bond acceptors (Lipinski definition) is 3. The molecule has 3 N–H and O–H groups in total. The average molecular weight is 172 g/mol. The maximum atomic E-state index is 11.4. The topological polar surface area (TPSA) is 61.4 Å². The van der Waals surface area contributed by atoms with Gasteiger partial charge in [0.2, 0.25) is 5.91 Å². The fourth-order valence-electron chi connectivity index (χ4n) is 1.28. The molecule has 0 spiro atoms. The highest BCUT2D eigenvalue weighted by Crippen LogP contribution is 2.07. The fraction of sp³-hybridized carbons (Fsp3) is 0.875. The van der Waals surface area contributed by atoms with Crippen LogP contribution in [0.1, 0.15) is 13.3 Å². The molecule has 1 aliphatic heterocycles. The molecule has 1 unspecified atom stereocenters. The van der Waals surface area contributed by atoms with Crippen LogP contribution < -0.4 is 10.6 Å². The van der Waals surface area contributed by atoms with Crippen LogP contribution in [0.25, 0.3) is 0 Å². The molecule has 1 heterocycles. The molecule has 1 fully saturated rings. The summed E-state index contributed by atoms with van der Waals surface area (Å²) in [5, 5.41) is 14.6. The highest BCUT2D eigenvalue weighted by Gasteiger charge is 2.22. The summed E-state index contributed by atoms with van der Waals surface area (Å²) in [5.41, 5.74) is 0. The highest BCUT2D eigenvalue weighted by molar-refractivity contribution is 5.79. The average Bonchev–Trinajstić information content (AvgIpc) is 2.56. The molecule has 0 saturated carbocycles. The third kappa shape index (κ3) is 2.46. The van der Waals surface area contributed by atoms with E-state index >= 15 is 0 Å². The molecule has 0 bridgehead atoms. The zero-order valence-electron chi connectivity index (χ0n) is 7.34. The van der Waals surface area contributed by atoms with Gasteiger partial charge in [-0.25, -0.2) is 0 Å². The molecule has 70 valence electrons. The first kappa shape index (κ1) is 9.48. The molecule has 0 aliphatic carbocycles. The number of amides is 1. The Morgan fingerprint density at radius 3 is 3.08 bits per heavy atom. The minimum Gasteiger partial charge on any atom is -0.394 e. The number of aliphatic hydroxyl groups is 1. The van der Waals surface area contributed by atoms with Gasteiger partial charge in [0.15, 0.2) is 0 Å². The minimum absolute atomic E-state index is 0.00584. The standard InChI is InChI=1S/C8H16N2O2/c1-6(5-11)10-8(12)7-2-3-9-4-7/h6-7,9,11H,2-5H2,1H3,(H,10,12)/t6-,7?/m1/s1. The molecule has 1 amide bonds. The summed E-state index contributed by atoms with van der Waals surface area (Å²) in [4.78, 5) is 11.4. The molecule has 0 radical (unpaired) electrons. The molecule has 0 aromatic rings. The SMILES string of the molecule is C[C@H](CO)NC(=O)C1CCNC1. The molecule has 0 aromatic heterocycles. The van der Waals surface area contributed by atoms with Crippen molar-refractivity contribution in [2.45, 2.75) is 19.4 Å². The second-order valence-electron chi connectivity index (χ2n) is 3.28. The third-order valence-electron chi connectivity index (χ3n) is 2.09. The van der Waals surface area contributed by atoms with Gasteiger partial charge in [0, 0.05) is 12.6 Å². The monoisotopic (exact) mass is 172 g/mol. The van der Waals surface area contributed by atoms with Crippen LogP contribution in [-0.2, 0) is 4.79 Å².